The zero-order chi connectivity index (χ0) is 31.5. The van der Waals surface area contributed by atoms with Crippen LogP contribution in [-0.2, 0) is 25.7 Å². The highest BCUT2D eigenvalue weighted by Crippen LogP contribution is 2.51. The summed E-state index contributed by atoms with van der Waals surface area (Å²) < 4.78 is 25.2. The molecule has 47 heavy (non-hydrogen) atoms. The quantitative estimate of drug-likeness (QED) is 0.212. The smallest absolute Gasteiger partial charge is 0.201 e. The minimum Gasteiger partial charge on any atom is -0.504 e. The van der Waals surface area contributed by atoms with E-state index in [1.54, 1.807) is 20.3 Å². The van der Waals surface area contributed by atoms with Crippen molar-refractivity contribution in [2.24, 2.45) is 0 Å². The maximum Gasteiger partial charge on any atom is 0.201 e. The Morgan fingerprint density at radius 3 is 2.21 bits per heavy atom. The molecule has 2 N–H and O–H groups in total. The Hall–Kier alpha value is -3.82. The van der Waals surface area contributed by atoms with Gasteiger partial charge in [-0.1, -0.05) is 18.2 Å². The monoisotopic (exact) mass is 681 g/mol. The second kappa shape index (κ2) is 13.4. The third-order valence-corrected chi connectivity index (χ3v) is 9.99. The van der Waals surface area contributed by atoms with Crippen molar-refractivity contribution < 1.29 is 33.6 Å². The van der Waals surface area contributed by atoms with Crippen LogP contribution in [0.4, 0.5) is 0 Å². The van der Waals surface area contributed by atoms with Crippen molar-refractivity contribution in [1.82, 2.24) is 4.90 Å². The molecule has 8 nitrogen and oxygen atoms in total. The van der Waals surface area contributed by atoms with Crippen LogP contribution in [0.3, 0.4) is 0 Å². The van der Waals surface area contributed by atoms with Crippen LogP contribution in [0.5, 0.6) is 46.0 Å². The summed E-state index contributed by atoms with van der Waals surface area (Å²) in [7, 11) is 9.80. The van der Waals surface area contributed by atoms with Gasteiger partial charge in [0.05, 0.1) is 40.4 Å². The summed E-state index contributed by atoms with van der Waals surface area (Å²) in [4.78, 5) is 2.38. The summed E-state index contributed by atoms with van der Waals surface area (Å²) in [6.07, 6.45) is 3.16. The van der Waals surface area contributed by atoms with Crippen molar-refractivity contribution in [3.63, 3.8) is 0 Å². The molecule has 0 amide bonds. The Balaban J connectivity index is 0.00000217. The summed E-state index contributed by atoms with van der Waals surface area (Å²) in [5.41, 5.74) is 6.66. The van der Waals surface area contributed by atoms with E-state index in [0.717, 1.165) is 49.0 Å². The van der Waals surface area contributed by atoms with Gasteiger partial charge in [-0.2, -0.15) is 0 Å². The molecule has 8 rings (SSSR count). The molecule has 0 radical (unpaired) electrons. The Kier molecular flexibility index (Phi) is 9.81. The predicted octanol–water partition coefficient (Wildman–Crippen LogP) is 7.54. The molecular weight excluding hydrogens is 639 g/mol. The molecule has 0 aliphatic carbocycles. The molecule has 0 spiro atoms. The zero-order valence-corrected chi connectivity index (χ0v) is 29.0. The topological polar surface area (TPSA) is 80.6 Å². The van der Waals surface area contributed by atoms with Crippen LogP contribution in [0.2, 0.25) is 0 Å². The van der Waals surface area contributed by atoms with Crippen molar-refractivity contribution in [3.05, 3.63) is 94.0 Å². The number of phenolic OH excluding ortho intramolecular Hbond substituents is 2. The molecule has 0 saturated carbocycles. The molecule has 4 aromatic carbocycles. The van der Waals surface area contributed by atoms with E-state index >= 15 is 0 Å². The zero-order valence-electron chi connectivity index (χ0n) is 27.4. The number of nitrogens with zero attached hydrogens (tertiary/aromatic N) is 2. The number of quaternary nitrogens is 1. The fraction of sp³-hybridized carbons (Fsp3) is 0.351. The molecule has 0 unspecified atom stereocenters. The molecule has 4 heterocycles. The average Bonchev–Trinajstić information content (AvgIpc) is 3.03. The van der Waals surface area contributed by atoms with Crippen LogP contribution in [0.1, 0.15) is 45.5 Å². The summed E-state index contributed by atoms with van der Waals surface area (Å²) in [5.74, 6) is 3.14. The molecule has 4 aromatic rings. The number of phenols is 2. The van der Waals surface area contributed by atoms with Gasteiger partial charge in [0.2, 0.25) is 5.75 Å². The largest absolute Gasteiger partial charge is 0.504 e. The number of likely N-dealkylation sites (N-methyl/N-ethyl adjacent to an activating group) is 2. The highest BCUT2D eigenvalue weighted by molar-refractivity contribution is 5.85. The maximum atomic E-state index is 11.5. The third kappa shape index (κ3) is 6.27. The summed E-state index contributed by atoms with van der Waals surface area (Å²) in [6.45, 7) is 1.84. The Bertz CT molecular complexity index is 1780. The number of hydrogen-bond acceptors (Lipinski definition) is 7. The van der Waals surface area contributed by atoms with Crippen LogP contribution < -0.4 is 18.9 Å². The van der Waals surface area contributed by atoms with E-state index in [4.69, 9.17) is 18.9 Å². The number of benzene rings is 4. The normalized spacial score (nSPS) is 19.3. The number of fused-ring (bicyclic) bond motifs is 2. The van der Waals surface area contributed by atoms with Crippen LogP contribution in [0.25, 0.3) is 0 Å². The fourth-order valence-corrected chi connectivity index (χ4v) is 7.27. The van der Waals surface area contributed by atoms with Gasteiger partial charge < -0.3 is 33.6 Å². The van der Waals surface area contributed by atoms with Crippen molar-refractivity contribution in [2.45, 2.75) is 37.8 Å². The van der Waals surface area contributed by atoms with E-state index < -0.39 is 0 Å². The molecule has 0 aromatic heterocycles. The predicted molar refractivity (Wildman–Crippen MR) is 187 cm³/mol. The Labute approximate surface area is 288 Å². The van der Waals surface area contributed by atoms with E-state index in [-0.39, 0.29) is 48.4 Å². The van der Waals surface area contributed by atoms with Gasteiger partial charge in [-0.25, -0.2) is 0 Å². The van der Waals surface area contributed by atoms with E-state index in [2.05, 4.69) is 50.3 Å². The highest BCUT2D eigenvalue weighted by Gasteiger charge is 2.41. The standard InChI is InChI=1S/C37H40N2O6.2ClH/c1-38-14-12-24-19-32(42-4)33-21-27(24)28(38)16-22-6-9-26(10-7-22)44-37-35-25(20-34(43-5)36(37)41)13-15-39(2,3)29(35)17-23-8-11-30(40)31(18-23)45-33;;/h6-11,18-21,28-29H,12-17H2,1-5H3,(H-,40,41);2*1H/p+1/t28-,29+;;/m0../s1. The molecule has 4 aliphatic heterocycles. The summed E-state index contributed by atoms with van der Waals surface area (Å²) >= 11 is 0. The van der Waals surface area contributed by atoms with Crippen LogP contribution in [-0.4, -0.2) is 68.0 Å². The minimum absolute atomic E-state index is 0. The lowest BCUT2D eigenvalue weighted by molar-refractivity contribution is -0.923. The maximum absolute atomic E-state index is 11.5. The first-order chi connectivity index (χ1) is 21.6. The molecule has 0 saturated heterocycles. The van der Waals surface area contributed by atoms with Gasteiger partial charge in [-0.3, -0.25) is 4.90 Å². The van der Waals surface area contributed by atoms with Gasteiger partial charge in [-0.15, -0.1) is 24.8 Å². The first kappa shape index (κ1) is 34.5. The number of rotatable bonds is 2. The highest BCUT2D eigenvalue weighted by atomic mass is 35.5. The first-order valence-electron chi connectivity index (χ1n) is 15.6. The molecule has 4 aliphatic rings. The molecule has 6 bridgehead atoms. The van der Waals surface area contributed by atoms with E-state index in [1.165, 1.54) is 16.7 Å². The number of ether oxygens (including phenoxy) is 4. The van der Waals surface area contributed by atoms with Crippen LogP contribution >= 0.6 is 24.8 Å². The lowest BCUT2D eigenvalue weighted by atomic mass is 9.86. The second-order valence-electron chi connectivity index (χ2n) is 13.1. The number of methoxy groups -OCH3 is 2. The van der Waals surface area contributed by atoms with E-state index in [0.29, 0.717) is 45.4 Å². The number of hydrogen-bond donors (Lipinski definition) is 2. The minimum atomic E-state index is -0.0503. The Morgan fingerprint density at radius 1 is 0.787 bits per heavy atom. The average molecular weight is 683 g/mol. The van der Waals surface area contributed by atoms with Crippen LogP contribution in [0.15, 0.2) is 60.7 Å². The van der Waals surface area contributed by atoms with Crippen molar-refractivity contribution in [1.29, 1.82) is 0 Å². The molecule has 250 valence electrons. The summed E-state index contributed by atoms with van der Waals surface area (Å²) in [5, 5.41) is 22.4. The van der Waals surface area contributed by atoms with Gasteiger partial charge in [0.1, 0.15) is 11.8 Å². The fourth-order valence-electron chi connectivity index (χ4n) is 7.27. The lowest BCUT2D eigenvalue weighted by Crippen LogP contribution is -2.48. The molecular formula is C37H43Cl2N2O6+. The number of aromatic hydroxyl groups is 2. The van der Waals surface area contributed by atoms with Crippen molar-refractivity contribution in [3.8, 4) is 46.0 Å². The second-order valence-corrected chi connectivity index (χ2v) is 13.1. The van der Waals surface area contributed by atoms with Crippen molar-refractivity contribution >= 4 is 24.8 Å². The molecule has 2 atom stereocenters. The van der Waals surface area contributed by atoms with Crippen molar-refractivity contribution in [2.75, 3.05) is 48.5 Å². The number of halogens is 2. The lowest BCUT2D eigenvalue weighted by Gasteiger charge is -2.43. The van der Waals surface area contributed by atoms with E-state index in [1.807, 2.05) is 30.3 Å². The first-order valence-corrected chi connectivity index (χ1v) is 15.6. The third-order valence-electron chi connectivity index (χ3n) is 9.99. The molecule has 0 fully saturated rings. The van der Waals surface area contributed by atoms with Gasteiger partial charge in [0, 0.05) is 25.4 Å². The Morgan fingerprint density at radius 2 is 1.49 bits per heavy atom. The van der Waals surface area contributed by atoms with Gasteiger partial charge in [-0.05, 0) is 90.2 Å². The summed E-state index contributed by atoms with van der Waals surface area (Å²) in [6, 6.07) is 19.9. The van der Waals surface area contributed by atoms with Gasteiger partial charge in [0.15, 0.2) is 34.5 Å². The van der Waals surface area contributed by atoms with Crippen LogP contribution in [0, 0.1) is 0 Å². The van der Waals surface area contributed by atoms with Gasteiger partial charge in [0.25, 0.3) is 0 Å². The van der Waals surface area contributed by atoms with Gasteiger partial charge >= 0.3 is 0 Å². The molecule has 10 heteroatoms. The SMILES string of the molecule is COc1cc2c3cc1Oc1cc(ccc1O)C[C@@H]1c4c(cc(OC)c(O)c4Oc4ccc(cc4)C[C@@H]3N(C)CC2)CC[N+]1(C)C.Cl.Cl. The van der Waals surface area contributed by atoms with E-state index in [9.17, 15) is 10.2 Å².